The molecule has 0 aliphatic carbocycles. The molecule has 1 atom stereocenters. The van der Waals surface area contributed by atoms with Gasteiger partial charge in [-0.05, 0) is 38.0 Å². The Labute approximate surface area is 134 Å². The van der Waals surface area contributed by atoms with E-state index in [2.05, 4.69) is 5.10 Å². The fourth-order valence-corrected chi connectivity index (χ4v) is 3.07. The summed E-state index contributed by atoms with van der Waals surface area (Å²) in [5.41, 5.74) is 2.13. The molecule has 1 amide bonds. The van der Waals surface area contributed by atoms with Gasteiger partial charge in [-0.25, -0.2) is 4.68 Å². The maximum Gasteiger partial charge on any atom is 0.305 e. The highest BCUT2D eigenvalue weighted by molar-refractivity contribution is 5.93. The van der Waals surface area contributed by atoms with Crippen molar-refractivity contribution in [2.45, 2.75) is 32.2 Å². The van der Waals surface area contributed by atoms with Crippen molar-refractivity contribution in [2.24, 2.45) is 0 Å². The molecule has 2 heterocycles. The van der Waals surface area contributed by atoms with Gasteiger partial charge in [-0.3, -0.25) is 9.59 Å². The summed E-state index contributed by atoms with van der Waals surface area (Å²) < 4.78 is 1.73. The van der Waals surface area contributed by atoms with Crippen molar-refractivity contribution in [1.82, 2.24) is 14.7 Å². The Morgan fingerprint density at radius 3 is 2.74 bits per heavy atom. The second-order valence-corrected chi connectivity index (χ2v) is 5.81. The highest BCUT2D eigenvalue weighted by Crippen LogP contribution is 2.23. The summed E-state index contributed by atoms with van der Waals surface area (Å²) in [4.78, 5) is 25.3. The van der Waals surface area contributed by atoms with Crippen molar-refractivity contribution in [3.05, 3.63) is 47.8 Å². The van der Waals surface area contributed by atoms with Crippen molar-refractivity contribution in [3.8, 4) is 5.69 Å². The van der Waals surface area contributed by atoms with Gasteiger partial charge in [0.1, 0.15) is 0 Å². The number of rotatable bonds is 4. The lowest BCUT2D eigenvalue weighted by Crippen LogP contribution is -2.37. The van der Waals surface area contributed by atoms with E-state index in [0.29, 0.717) is 12.2 Å². The van der Waals surface area contributed by atoms with E-state index in [1.165, 1.54) is 0 Å². The quantitative estimate of drug-likeness (QED) is 0.939. The Morgan fingerprint density at radius 1 is 1.30 bits per heavy atom. The Morgan fingerprint density at radius 2 is 2.04 bits per heavy atom. The molecule has 0 radical (unpaired) electrons. The predicted molar refractivity (Wildman–Crippen MR) is 84.6 cm³/mol. The first-order valence-electron chi connectivity index (χ1n) is 7.71. The van der Waals surface area contributed by atoms with Crippen LogP contribution in [0.1, 0.15) is 35.4 Å². The van der Waals surface area contributed by atoms with Crippen molar-refractivity contribution in [2.75, 3.05) is 6.54 Å². The summed E-state index contributed by atoms with van der Waals surface area (Å²) in [5, 5.41) is 13.4. The lowest BCUT2D eigenvalue weighted by molar-refractivity contribution is -0.137. The third kappa shape index (κ3) is 3.11. The second kappa shape index (κ2) is 6.24. The minimum absolute atomic E-state index is 0.00981. The maximum absolute atomic E-state index is 12.7. The molecule has 3 rings (SSSR count). The third-order valence-corrected chi connectivity index (χ3v) is 4.16. The lowest BCUT2D eigenvalue weighted by Gasteiger charge is -2.22. The number of hydrogen-bond acceptors (Lipinski definition) is 3. The Kier molecular flexibility index (Phi) is 4.14. The molecular formula is C17H19N3O3. The van der Waals surface area contributed by atoms with Crippen LogP contribution in [-0.2, 0) is 4.79 Å². The van der Waals surface area contributed by atoms with Crippen LogP contribution in [0, 0.1) is 6.92 Å². The minimum atomic E-state index is -0.874. The number of para-hydroxylation sites is 1. The van der Waals surface area contributed by atoms with E-state index in [0.717, 1.165) is 24.2 Å². The zero-order chi connectivity index (χ0) is 16.4. The monoisotopic (exact) mass is 313 g/mol. The number of amides is 1. The van der Waals surface area contributed by atoms with Crippen LogP contribution in [0.4, 0.5) is 0 Å². The molecule has 1 unspecified atom stereocenters. The van der Waals surface area contributed by atoms with Crippen LogP contribution in [0.25, 0.3) is 5.69 Å². The van der Waals surface area contributed by atoms with Gasteiger partial charge < -0.3 is 10.0 Å². The van der Waals surface area contributed by atoms with Gasteiger partial charge in [0.2, 0.25) is 0 Å². The van der Waals surface area contributed by atoms with E-state index in [1.54, 1.807) is 15.6 Å². The van der Waals surface area contributed by atoms with E-state index in [9.17, 15) is 9.59 Å². The summed E-state index contributed by atoms with van der Waals surface area (Å²) in [6.07, 6.45) is 1.56. The molecule has 0 bridgehead atoms. The molecule has 1 aromatic heterocycles. The highest BCUT2D eigenvalue weighted by atomic mass is 16.4. The summed E-state index contributed by atoms with van der Waals surface area (Å²) in [5.74, 6) is -1.06. The molecule has 1 saturated heterocycles. The number of carbonyl (C=O) groups excluding carboxylic acids is 1. The van der Waals surface area contributed by atoms with Gasteiger partial charge in [-0.1, -0.05) is 18.2 Å². The molecule has 1 N–H and O–H groups in total. The summed E-state index contributed by atoms with van der Waals surface area (Å²) in [6.45, 7) is 2.49. The molecule has 0 spiro atoms. The van der Waals surface area contributed by atoms with E-state index >= 15 is 0 Å². The maximum atomic E-state index is 12.7. The zero-order valence-electron chi connectivity index (χ0n) is 13.0. The van der Waals surface area contributed by atoms with Crippen molar-refractivity contribution < 1.29 is 14.7 Å². The van der Waals surface area contributed by atoms with Crippen molar-refractivity contribution in [1.29, 1.82) is 0 Å². The normalized spacial score (nSPS) is 17.4. The van der Waals surface area contributed by atoms with Gasteiger partial charge in [-0.15, -0.1) is 0 Å². The van der Waals surface area contributed by atoms with Gasteiger partial charge >= 0.3 is 5.97 Å². The van der Waals surface area contributed by atoms with E-state index in [1.807, 2.05) is 37.3 Å². The van der Waals surface area contributed by atoms with Crippen LogP contribution in [-0.4, -0.2) is 44.3 Å². The SMILES string of the molecule is Cc1cc(C(=O)N2CCCC2CC(=O)O)nn1-c1ccccc1. The zero-order valence-corrected chi connectivity index (χ0v) is 13.0. The third-order valence-electron chi connectivity index (χ3n) is 4.16. The number of carbonyl (C=O) groups is 2. The summed E-state index contributed by atoms with van der Waals surface area (Å²) in [6, 6.07) is 11.1. The number of aromatic nitrogens is 2. The smallest absolute Gasteiger partial charge is 0.305 e. The van der Waals surface area contributed by atoms with Crippen LogP contribution < -0.4 is 0 Å². The molecule has 0 saturated carbocycles. The minimum Gasteiger partial charge on any atom is -0.481 e. The fraction of sp³-hybridized carbons (Fsp3) is 0.353. The number of likely N-dealkylation sites (tertiary alicyclic amines) is 1. The summed E-state index contributed by atoms with van der Waals surface area (Å²) in [7, 11) is 0. The Balaban J connectivity index is 1.85. The first-order chi connectivity index (χ1) is 11.1. The standard InChI is InChI=1S/C17H19N3O3/c1-12-10-15(18-20(12)13-6-3-2-4-7-13)17(23)19-9-5-8-14(19)11-16(21)22/h2-4,6-7,10,14H,5,8-9,11H2,1H3,(H,21,22). The molecule has 6 nitrogen and oxygen atoms in total. The molecular weight excluding hydrogens is 294 g/mol. The Bertz CT molecular complexity index is 724. The van der Waals surface area contributed by atoms with Gasteiger partial charge in [0.05, 0.1) is 12.1 Å². The van der Waals surface area contributed by atoms with Crippen LogP contribution >= 0.6 is 0 Å². The van der Waals surface area contributed by atoms with Gasteiger partial charge in [0, 0.05) is 18.3 Å². The Hall–Kier alpha value is -2.63. The number of nitrogens with zero attached hydrogens (tertiary/aromatic N) is 3. The lowest BCUT2D eigenvalue weighted by atomic mass is 10.1. The van der Waals surface area contributed by atoms with E-state index in [4.69, 9.17) is 5.11 Å². The van der Waals surface area contributed by atoms with Crippen LogP contribution in [0.5, 0.6) is 0 Å². The average Bonchev–Trinajstić information content (AvgIpc) is 3.13. The number of carboxylic acids is 1. The van der Waals surface area contributed by atoms with Crippen molar-refractivity contribution >= 4 is 11.9 Å². The number of benzene rings is 1. The average molecular weight is 313 g/mol. The largest absolute Gasteiger partial charge is 0.481 e. The fourth-order valence-electron chi connectivity index (χ4n) is 3.07. The molecule has 6 heteroatoms. The predicted octanol–water partition coefficient (Wildman–Crippen LogP) is 2.26. The van der Waals surface area contributed by atoms with Crippen LogP contribution in [0.2, 0.25) is 0 Å². The van der Waals surface area contributed by atoms with E-state index in [-0.39, 0.29) is 18.4 Å². The highest BCUT2D eigenvalue weighted by Gasteiger charge is 2.32. The first-order valence-corrected chi connectivity index (χ1v) is 7.71. The molecule has 1 fully saturated rings. The van der Waals surface area contributed by atoms with Crippen LogP contribution in [0.3, 0.4) is 0 Å². The van der Waals surface area contributed by atoms with E-state index < -0.39 is 5.97 Å². The molecule has 2 aromatic rings. The van der Waals surface area contributed by atoms with Crippen molar-refractivity contribution in [3.63, 3.8) is 0 Å². The van der Waals surface area contributed by atoms with Crippen LogP contribution in [0.15, 0.2) is 36.4 Å². The van der Waals surface area contributed by atoms with Gasteiger partial charge in [0.15, 0.2) is 5.69 Å². The number of aryl methyl sites for hydroxylation is 1. The molecule has 1 aliphatic heterocycles. The summed E-state index contributed by atoms with van der Waals surface area (Å²) >= 11 is 0. The number of carboxylic acid groups (broad SMARTS) is 1. The molecule has 1 aromatic carbocycles. The van der Waals surface area contributed by atoms with Gasteiger partial charge in [0.25, 0.3) is 5.91 Å². The van der Waals surface area contributed by atoms with Gasteiger partial charge in [-0.2, -0.15) is 5.10 Å². The molecule has 120 valence electrons. The second-order valence-electron chi connectivity index (χ2n) is 5.81. The molecule has 1 aliphatic rings. The number of hydrogen-bond donors (Lipinski definition) is 1. The first kappa shape index (κ1) is 15.3. The topological polar surface area (TPSA) is 75.4 Å². The number of aliphatic carboxylic acids is 1. The molecule has 23 heavy (non-hydrogen) atoms.